The number of hydrazine groups is 1. The van der Waals surface area contributed by atoms with Gasteiger partial charge in [0.2, 0.25) is 0 Å². The van der Waals surface area contributed by atoms with Gasteiger partial charge in [-0.2, -0.15) is 0 Å². The monoisotopic (exact) mass is 344 g/mol. The summed E-state index contributed by atoms with van der Waals surface area (Å²) >= 11 is 0. The van der Waals surface area contributed by atoms with Gasteiger partial charge in [0, 0.05) is 0 Å². The van der Waals surface area contributed by atoms with E-state index >= 15 is 0 Å². The van der Waals surface area contributed by atoms with Crippen molar-refractivity contribution in [2.24, 2.45) is 0 Å². The summed E-state index contributed by atoms with van der Waals surface area (Å²) in [7, 11) is 0. The molecule has 0 aliphatic rings. The Balaban J connectivity index is 1.88. The number of amides is 2. The van der Waals surface area contributed by atoms with Gasteiger partial charge in [0.1, 0.15) is 11.6 Å². The van der Waals surface area contributed by atoms with Crippen LogP contribution >= 0.6 is 0 Å². The predicted molar refractivity (Wildman–Crippen MR) is 92.7 cm³/mol. The Morgan fingerprint density at radius 2 is 1.76 bits per heavy atom. The summed E-state index contributed by atoms with van der Waals surface area (Å²) in [5.41, 5.74) is 5.25. The van der Waals surface area contributed by atoms with Gasteiger partial charge >= 0.3 is 0 Å². The van der Waals surface area contributed by atoms with Gasteiger partial charge in [0.15, 0.2) is 6.61 Å². The fourth-order valence-corrected chi connectivity index (χ4v) is 2.26. The molecule has 2 rings (SSSR count). The third-order valence-electron chi connectivity index (χ3n) is 3.86. The summed E-state index contributed by atoms with van der Waals surface area (Å²) < 4.78 is 19.0. The number of carbonyl (C=O) groups excluding carboxylic acids is 2. The van der Waals surface area contributed by atoms with Gasteiger partial charge in [-0.3, -0.25) is 20.4 Å². The third kappa shape index (κ3) is 5.04. The standard InChI is InChI=1S/C19H21FN2O3/c1-3-13(2)14-8-5-7-11-17(14)25-12-18(23)21-22-19(24)15-9-4-6-10-16(15)20/h4-11,13H,3,12H2,1-2H3,(H,21,23)(H,22,24). The molecule has 0 heterocycles. The molecular formula is C19H21FN2O3. The van der Waals surface area contributed by atoms with E-state index in [1.54, 1.807) is 6.07 Å². The quantitative estimate of drug-likeness (QED) is 0.791. The van der Waals surface area contributed by atoms with Crippen molar-refractivity contribution in [1.82, 2.24) is 10.9 Å². The van der Waals surface area contributed by atoms with Crippen LogP contribution in [0.2, 0.25) is 0 Å². The topological polar surface area (TPSA) is 67.4 Å². The minimum Gasteiger partial charge on any atom is -0.483 e. The molecule has 0 radical (unpaired) electrons. The first-order valence-electron chi connectivity index (χ1n) is 8.08. The number of benzene rings is 2. The summed E-state index contributed by atoms with van der Waals surface area (Å²) in [6.45, 7) is 3.90. The molecule has 2 amide bonds. The Morgan fingerprint density at radius 1 is 1.08 bits per heavy atom. The molecule has 0 saturated carbocycles. The molecule has 0 fully saturated rings. The average molecular weight is 344 g/mol. The lowest BCUT2D eigenvalue weighted by Crippen LogP contribution is -2.44. The van der Waals surface area contributed by atoms with Crippen LogP contribution in [0.25, 0.3) is 0 Å². The highest BCUT2D eigenvalue weighted by atomic mass is 19.1. The number of carbonyl (C=O) groups is 2. The van der Waals surface area contributed by atoms with Crippen LogP contribution in [0, 0.1) is 5.82 Å². The lowest BCUT2D eigenvalue weighted by Gasteiger charge is -2.15. The first-order chi connectivity index (χ1) is 12.0. The number of para-hydroxylation sites is 1. The van der Waals surface area contributed by atoms with E-state index in [2.05, 4.69) is 24.7 Å². The van der Waals surface area contributed by atoms with Crippen LogP contribution in [0.5, 0.6) is 5.75 Å². The van der Waals surface area contributed by atoms with E-state index in [-0.39, 0.29) is 12.2 Å². The molecule has 2 aromatic rings. The van der Waals surface area contributed by atoms with Crippen LogP contribution in [0.3, 0.4) is 0 Å². The van der Waals surface area contributed by atoms with E-state index in [0.717, 1.165) is 12.0 Å². The van der Waals surface area contributed by atoms with E-state index in [9.17, 15) is 14.0 Å². The van der Waals surface area contributed by atoms with Crippen molar-refractivity contribution >= 4 is 11.8 Å². The van der Waals surface area contributed by atoms with Crippen molar-refractivity contribution in [3.8, 4) is 5.75 Å². The maximum atomic E-state index is 13.5. The highest BCUT2D eigenvalue weighted by Crippen LogP contribution is 2.28. The highest BCUT2D eigenvalue weighted by Gasteiger charge is 2.13. The SMILES string of the molecule is CCC(C)c1ccccc1OCC(=O)NNC(=O)c1ccccc1F. The number of hydrogen-bond donors (Lipinski definition) is 2. The van der Waals surface area contributed by atoms with Gasteiger partial charge in [-0.1, -0.05) is 44.2 Å². The summed E-state index contributed by atoms with van der Waals surface area (Å²) in [4.78, 5) is 23.7. The molecule has 25 heavy (non-hydrogen) atoms. The molecule has 0 aromatic heterocycles. The van der Waals surface area contributed by atoms with E-state index < -0.39 is 17.6 Å². The van der Waals surface area contributed by atoms with Crippen LogP contribution in [0.1, 0.15) is 42.1 Å². The van der Waals surface area contributed by atoms with Crippen molar-refractivity contribution < 1.29 is 18.7 Å². The molecule has 132 valence electrons. The zero-order valence-electron chi connectivity index (χ0n) is 14.2. The number of rotatable bonds is 6. The smallest absolute Gasteiger partial charge is 0.276 e. The number of halogens is 1. The zero-order valence-corrected chi connectivity index (χ0v) is 14.2. The molecule has 0 aliphatic carbocycles. The molecule has 6 heteroatoms. The maximum Gasteiger partial charge on any atom is 0.276 e. The average Bonchev–Trinajstić information content (AvgIpc) is 2.64. The van der Waals surface area contributed by atoms with E-state index in [0.29, 0.717) is 11.7 Å². The first-order valence-corrected chi connectivity index (χ1v) is 8.08. The Kier molecular flexibility index (Phi) is 6.51. The first kappa shape index (κ1) is 18.4. The van der Waals surface area contributed by atoms with Crippen LogP contribution in [0.4, 0.5) is 4.39 Å². The van der Waals surface area contributed by atoms with Gasteiger partial charge in [-0.25, -0.2) is 4.39 Å². The second kappa shape index (κ2) is 8.82. The Labute approximate surface area is 146 Å². The lowest BCUT2D eigenvalue weighted by atomic mass is 9.98. The van der Waals surface area contributed by atoms with Crippen LogP contribution in [-0.2, 0) is 4.79 Å². The molecule has 5 nitrogen and oxygen atoms in total. The van der Waals surface area contributed by atoms with Gasteiger partial charge in [0.05, 0.1) is 5.56 Å². The van der Waals surface area contributed by atoms with Crippen molar-refractivity contribution in [3.63, 3.8) is 0 Å². The number of hydrogen-bond acceptors (Lipinski definition) is 3. The third-order valence-corrected chi connectivity index (χ3v) is 3.86. The van der Waals surface area contributed by atoms with Crippen LogP contribution in [0.15, 0.2) is 48.5 Å². The molecule has 0 aliphatic heterocycles. The minimum atomic E-state index is -0.730. The molecule has 1 atom stereocenters. The molecule has 0 spiro atoms. The van der Waals surface area contributed by atoms with E-state index in [1.165, 1.54) is 24.3 Å². The van der Waals surface area contributed by atoms with E-state index in [4.69, 9.17) is 4.74 Å². The second-order valence-corrected chi connectivity index (χ2v) is 5.62. The molecule has 2 aromatic carbocycles. The van der Waals surface area contributed by atoms with Gasteiger partial charge in [-0.05, 0) is 36.1 Å². The molecule has 0 saturated heterocycles. The van der Waals surface area contributed by atoms with Crippen molar-refractivity contribution in [3.05, 3.63) is 65.5 Å². The van der Waals surface area contributed by atoms with Crippen molar-refractivity contribution in [2.45, 2.75) is 26.2 Å². The second-order valence-electron chi connectivity index (χ2n) is 5.62. The maximum absolute atomic E-state index is 13.5. The predicted octanol–water partition coefficient (Wildman–Crippen LogP) is 3.18. The number of ether oxygens (including phenoxy) is 1. The lowest BCUT2D eigenvalue weighted by molar-refractivity contribution is -0.123. The fraction of sp³-hybridized carbons (Fsp3) is 0.263. The van der Waals surface area contributed by atoms with E-state index in [1.807, 2.05) is 18.2 Å². The van der Waals surface area contributed by atoms with Crippen LogP contribution in [-0.4, -0.2) is 18.4 Å². The Morgan fingerprint density at radius 3 is 2.48 bits per heavy atom. The highest BCUT2D eigenvalue weighted by molar-refractivity contribution is 5.95. The summed E-state index contributed by atoms with van der Waals surface area (Å²) in [6, 6.07) is 13.0. The Hall–Kier alpha value is -2.89. The van der Waals surface area contributed by atoms with Crippen molar-refractivity contribution in [1.29, 1.82) is 0 Å². The van der Waals surface area contributed by atoms with Gasteiger partial charge in [-0.15, -0.1) is 0 Å². The van der Waals surface area contributed by atoms with Crippen LogP contribution < -0.4 is 15.6 Å². The molecule has 1 unspecified atom stereocenters. The minimum absolute atomic E-state index is 0.147. The normalized spacial score (nSPS) is 11.5. The summed E-state index contributed by atoms with van der Waals surface area (Å²) in [5.74, 6) is -0.990. The largest absolute Gasteiger partial charge is 0.483 e. The fourth-order valence-electron chi connectivity index (χ4n) is 2.26. The van der Waals surface area contributed by atoms with Crippen molar-refractivity contribution in [2.75, 3.05) is 6.61 Å². The van der Waals surface area contributed by atoms with Gasteiger partial charge < -0.3 is 4.74 Å². The summed E-state index contributed by atoms with van der Waals surface area (Å²) in [6.07, 6.45) is 0.950. The van der Waals surface area contributed by atoms with Gasteiger partial charge in [0.25, 0.3) is 11.8 Å². The Bertz CT molecular complexity index is 749. The molecule has 0 bridgehead atoms. The summed E-state index contributed by atoms with van der Waals surface area (Å²) in [5, 5.41) is 0. The molecule has 2 N–H and O–H groups in total. The number of nitrogens with one attached hydrogen (secondary N) is 2. The molecular weight excluding hydrogens is 323 g/mol. The zero-order chi connectivity index (χ0) is 18.2.